The molecule has 1 aliphatic carbocycles. The van der Waals surface area contributed by atoms with E-state index in [4.69, 9.17) is 4.84 Å². The number of ketones is 2. The van der Waals surface area contributed by atoms with Crippen LogP contribution in [0, 0.1) is 35.8 Å². The zero-order chi connectivity index (χ0) is 29.5. The van der Waals surface area contributed by atoms with Crippen LogP contribution in [0.1, 0.15) is 46.0 Å². The highest BCUT2D eigenvalue weighted by Gasteiger charge is 2.25. The van der Waals surface area contributed by atoms with E-state index in [0.717, 1.165) is 22.3 Å². The van der Waals surface area contributed by atoms with E-state index in [1.165, 1.54) is 36.9 Å². The molecule has 3 aromatic carbocycles. The number of allylic oxidation sites excluding steroid dienone is 4. The quantitative estimate of drug-likeness (QED) is 0.0749. The van der Waals surface area contributed by atoms with Gasteiger partial charge in [-0.3, -0.25) is 19.7 Å². The number of nitro benzene ring substituents is 1. The lowest BCUT2D eigenvalue weighted by atomic mass is 9.96. The lowest BCUT2D eigenvalue weighted by Gasteiger charge is -2.08. The molecule has 0 unspecified atom stereocenters. The Morgan fingerprint density at radius 2 is 1.66 bits per heavy atom. The fourth-order valence-electron chi connectivity index (χ4n) is 4.04. The number of nitro groups is 1. The van der Waals surface area contributed by atoms with Gasteiger partial charge >= 0.3 is 5.97 Å². The van der Waals surface area contributed by atoms with Gasteiger partial charge in [0.25, 0.3) is 5.69 Å². The monoisotopic (exact) mass is 564 g/mol. The van der Waals surface area contributed by atoms with Crippen molar-refractivity contribution in [3.05, 3.63) is 127 Å². The van der Waals surface area contributed by atoms with Crippen LogP contribution in [0.3, 0.4) is 0 Å². The summed E-state index contributed by atoms with van der Waals surface area (Å²) in [6.45, 7) is 4.53. The summed E-state index contributed by atoms with van der Waals surface area (Å²) in [4.78, 5) is 55.2. The molecule has 204 valence electrons. The van der Waals surface area contributed by atoms with Crippen molar-refractivity contribution in [1.82, 2.24) is 0 Å². The lowest BCUT2D eigenvalue weighted by Crippen LogP contribution is -2.20. The van der Waals surface area contributed by atoms with Crippen LogP contribution in [0.15, 0.2) is 99.4 Å². The van der Waals surface area contributed by atoms with E-state index in [-0.39, 0.29) is 33.9 Å². The molecular weight excluding hydrogens is 540 g/mol. The first-order chi connectivity index (χ1) is 19.7. The first kappa shape index (κ1) is 28.9. The normalized spacial score (nSPS) is 12.7. The molecule has 0 saturated heterocycles. The molecule has 0 aromatic heterocycles. The highest BCUT2D eigenvalue weighted by Crippen LogP contribution is 2.31. The van der Waals surface area contributed by atoms with Crippen molar-refractivity contribution >= 4 is 40.7 Å². The Balaban J connectivity index is 1.56. The summed E-state index contributed by atoms with van der Waals surface area (Å²) < 4.78 is 0. The van der Waals surface area contributed by atoms with Crippen molar-refractivity contribution in [1.29, 1.82) is 0 Å². The van der Waals surface area contributed by atoms with Crippen LogP contribution in [-0.2, 0) is 14.4 Å². The van der Waals surface area contributed by atoms with Crippen LogP contribution in [0.5, 0.6) is 0 Å². The van der Waals surface area contributed by atoms with Crippen molar-refractivity contribution < 1.29 is 24.1 Å². The second-order valence-electron chi connectivity index (χ2n) is 9.02. The van der Waals surface area contributed by atoms with E-state index < -0.39 is 16.7 Å². The average Bonchev–Trinajstić information content (AvgIpc) is 3.19. The number of nitrogens with zero attached hydrogens (tertiary/aromatic N) is 2. The van der Waals surface area contributed by atoms with Gasteiger partial charge in [0.15, 0.2) is 11.5 Å². The summed E-state index contributed by atoms with van der Waals surface area (Å²) in [6.07, 6.45) is 3.67. The van der Waals surface area contributed by atoms with Gasteiger partial charge in [0.1, 0.15) is 0 Å². The Kier molecular flexibility index (Phi) is 9.07. The fourth-order valence-corrected chi connectivity index (χ4v) is 4.90. The Labute approximate surface area is 240 Å². The Morgan fingerprint density at radius 1 is 0.951 bits per heavy atom. The van der Waals surface area contributed by atoms with E-state index in [1.807, 2.05) is 43.3 Å². The number of carbonyl (C=O) groups excluding carboxylic acids is 3. The Hall–Kier alpha value is -5.07. The molecule has 0 saturated carbocycles. The van der Waals surface area contributed by atoms with E-state index in [9.17, 15) is 24.5 Å². The van der Waals surface area contributed by atoms with Gasteiger partial charge in [0.05, 0.1) is 10.5 Å². The summed E-state index contributed by atoms with van der Waals surface area (Å²) in [5, 5.41) is 15.2. The molecular formula is C32H24N2O6S. The van der Waals surface area contributed by atoms with E-state index in [0.29, 0.717) is 17.5 Å². The number of aryl methyl sites for hydroxylation is 1. The number of hydrogen-bond donors (Lipinski definition) is 0. The number of thioether (sulfide) groups is 1. The van der Waals surface area contributed by atoms with Gasteiger partial charge < -0.3 is 4.84 Å². The van der Waals surface area contributed by atoms with Gasteiger partial charge in [0.2, 0.25) is 5.78 Å². The van der Waals surface area contributed by atoms with Gasteiger partial charge in [-0.15, -0.1) is 0 Å². The molecule has 3 aromatic rings. The molecule has 41 heavy (non-hydrogen) atoms. The first-order valence-electron chi connectivity index (χ1n) is 12.5. The van der Waals surface area contributed by atoms with Crippen molar-refractivity contribution in [3.63, 3.8) is 0 Å². The largest absolute Gasteiger partial charge is 0.332 e. The number of carbonyl (C=O) groups is 3. The predicted octanol–water partition coefficient (Wildman–Crippen LogP) is 6.29. The average molecular weight is 565 g/mol. The molecule has 0 fully saturated rings. The van der Waals surface area contributed by atoms with Crippen LogP contribution in [0.25, 0.3) is 0 Å². The molecule has 0 heterocycles. The zero-order valence-corrected chi connectivity index (χ0v) is 23.3. The number of rotatable bonds is 9. The summed E-state index contributed by atoms with van der Waals surface area (Å²) >= 11 is 1.45. The molecule has 0 spiro atoms. The third-order valence-corrected chi connectivity index (χ3v) is 7.21. The van der Waals surface area contributed by atoms with E-state index in [1.54, 1.807) is 24.3 Å². The maximum Gasteiger partial charge on any atom is 0.332 e. The predicted molar refractivity (Wildman–Crippen MR) is 157 cm³/mol. The fraction of sp³-hybridized carbons (Fsp3) is 0.125. The minimum Gasteiger partial charge on any atom is -0.318 e. The van der Waals surface area contributed by atoms with E-state index >= 15 is 0 Å². The molecule has 0 aliphatic heterocycles. The standard InChI is InChI=1S/C32H24N2O6S/c1-20-8-4-5-11-27(20)31(36)24-15-18-26(19-16-24)41-25-10-6-9-23(14-17-25)32(37)30(33-40-22(3)35)28-12-7-13-29(21(28)2)34(38)39/h4-5,7-8,11-19H,10H2,1-3H3/b33-30+. The second kappa shape index (κ2) is 12.9. The minimum atomic E-state index is -0.746. The van der Waals surface area contributed by atoms with Crippen LogP contribution in [0.2, 0.25) is 0 Å². The smallest absolute Gasteiger partial charge is 0.318 e. The molecule has 1 aliphatic rings. The summed E-state index contributed by atoms with van der Waals surface area (Å²) in [7, 11) is 0. The highest BCUT2D eigenvalue weighted by molar-refractivity contribution is 8.03. The molecule has 8 nitrogen and oxygen atoms in total. The topological polar surface area (TPSA) is 116 Å². The molecule has 9 heteroatoms. The SMILES string of the molecule is CC(=O)O/N=C(/C(=O)C1=CC=C(Sc2ccc(C(=O)c3ccccc3C)cc2)CC#C1)c1cccc([N+](=O)[O-])c1C. The summed E-state index contributed by atoms with van der Waals surface area (Å²) in [5.41, 5.74) is 2.16. The van der Waals surface area contributed by atoms with Crippen molar-refractivity contribution in [2.45, 2.75) is 32.1 Å². The van der Waals surface area contributed by atoms with Crippen molar-refractivity contribution in [3.8, 4) is 11.8 Å². The first-order valence-corrected chi connectivity index (χ1v) is 13.3. The molecule has 0 radical (unpaired) electrons. The highest BCUT2D eigenvalue weighted by atomic mass is 32.2. The third-order valence-electron chi connectivity index (χ3n) is 6.16. The maximum absolute atomic E-state index is 13.5. The van der Waals surface area contributed by atoms with Gasteiger partial charge in [0, 0.05) is 51.5 Å². The summed E-state index contributed by atoms with van der Waals surface area (Å²) in [5.74, 6) is 4.38. The van der Waals surface area contributed by atoms with Gasteiger partial charge in [-0.05, 0) is 55.8 Å². The number of Topliss-reactive ketones (excluding diaryl/α,β-unsaturated/α-hetero) is 1. The minimum absolute atomic E-state index is 0.0458. The number of benzene rings is 3. The van der Waals surface area contributed by atoms with Crippen molar-refractivity contribution in [2.75, 3.05) is 0 Å². The van der Waals surface area contributed by atoms with Gasteiger partial charge in [-0.25, -0.2) is 4.79 Å². The number of hydrogen-bond acceptors (Lipinski definition) is 8. The zero-order valence-electron chi connectivity index (χ0n) is 22.5. The van der Waals surface area contributed by atoms with Crippen molar-refractivity contribution in [2.24, 2.45) is 5.16 Å². The molecule has 0 amide bonds. The molecule has 0 atom stereocenters. The van der Waals surface area contributed by atoms with E-state index in [2.05, 4.69) is 17.0 Å². The summed E-state index contributed by atoms with van der Waals surface area (Å²) in [6, 6.07) is 19.0. The van der Waals surface area contributed by atoms with Gasteiger partial charge in [-0.2, -0.15) is 0 Å². The molecule has 4 rings (SSSR count). The van der Waals surface area contributed by atoms with Gasteiger partial charge in [-0.1, -0.05) is 65.2 Å². The van der Waals surface area contributed by atoms with Crippen LogP contribution >= 0.6 is 11.8 Å². The van der Waals surface area contributed by atoms with Crippen LogP contribution in [0.4, 0.5) is 5.69 Å². The third kappa shape index (κ3) is 6.93. The Bertz CT molecular complexity index is 1720. The molecule has 0 bridgehead atoms. The number of oxime groups is 1. The lowest BCUT2D eigenvalue weighted by molar-refractivity contribution is -0.385. The van der Waals surface area contributed by atoms with Crippen LogP contribution in [-0.4, -0.2) is 28.2 Å². The van der Waals surface area contributed by atoms with Crippen LogP contribution < -0.4 is 0 Å². The second-order valence-corrected chi connectivity index (χ2v) is 10.2. The maximum atomic E-state index is 13.5. The Morgan fingerprint density at radius 3 is 2.34 bits per heavy atom. The molecule has 0 N–H and O–H groups in total.